The molecule has 1 heterocycles. The van der Waals surface area contributed by atoms with Crippen molar-refractivity contribution in [2.75, 3.05) is 19.8 Å². The van der Waals surface area contributed by atoms with Crippen molar-refractivity contribution in [2.45, 2.75) is 37.1 Å². The average Bonchev–Trinajstić information content (AvgIpc) is 3.14. The smallest absolute Gasteiger partial charge is 0.338 e. The fourth-order valence-corrected chi connectivity index (χ4v) is 4.94. The summed E-state index contributed by atoms with van der Waals surface area (Å²) in [5.74, 6) is -2.99. The highest BCUT2D eigenvalue weighted by Gasteiger charge is 2.53. The lowest BCUT2D eigenvalue weighted by molar-refractivity contribution is -0.298. The number of nitrogens with two attached hydrogens (primary N) is 1. The molecule has 1 unspecified atom stereocenters. The van der Waals surface area contributed by atoms with E-state index >= 15 is 0 Å². The van der Waals surface area contributed by atoms with E-state index in [-0.39, 0.29) is 28.9 Å². The predicted molar refractivity (Wildman–Crippen MR) is 172 cm³/mol. The summed E-state index contributed by atoms with van der Waals surface area (Å²) in [4.78, 5) is 53.4. The van der Waals surface area contributed by atoms with E-state index in [1.165, 1.54) is 0 Å². The number of ether oxygens (including phenoxy) is 6. The molecule has 0 aliphatic carbocycles. The zero-order valence-corrected chi connectivity index (χ0v) is 25.9. The van der Waals surface area contributed by atoms with Crippen LogP contribution in [0.3, 0.4) is 0 Å². The lowest BCUT2D eigenvalue weighted by atomic mass is 9.97. The third-order valence-corrected chi connectivity index (χ3v) is 7.37. The summed E-state index contributed by atoms with van der Waals surface area (Å²) >= 11 is 0. The van der Waals surface area contributed by atoms with Crippen LogP contribution in [0.5, 0.6) is 0 Å². The van der Waals surface area contributed by atoms with Gasteiger partial charge in [0.1, 0.15) is 12.7 Å². The molecule has 1 fully saturated rings. The van der Waals surface area contributed by atoms with Crippen LogP contribution in [0.25, 0.3) is 0 Å². The van der Waals surface area contributed by atoms with Crippen molar-refractivity contribution in [3.63, 3.8) is 0 Å². The van der Waals surface area contributed by atoms with E-state index in [1.807, 2.05) is 0 Å². The zero-order chi connectivity index (χ0) is 33.7. The quantitative estimate of drug-likeness (QED) is 0.122. The SMILES string of the molecule is NCCCOC1O[C@H](COC(=O)c2ccccc2)[C@H](OC(=O)c2ccccc2)[C@H](OC(=O)c2ccccc2)[C@H]1OC(=O)c1ccccc1. The van der Waals surface area contributed by atoms with Gasteiger partial charge in [-0.05, 0) is 61.5 Å². The second-order valence-electron chi connectivity index (χ2n) is 10.7. The van der Waals surface area contributed by atoms with Gasteiger partial charge in [0, 0.05) is 0 Å². The van der Waals surface area contributed by atoms with Gasteiger partial charge in [0.2, 0.25) is 0 Å². The van der Waals surface area contributed by atoms with Gasteiger partial charge in [0.15, 0.2) is 24.6 Å². The van der Waals surface area contributed by atoms with E-state index in [0.717, 1.165) is 0 Å². The Morgan fingerprint density at radius 2 is 0.938 bits per heavy atom. The Bertz CT molecular complexity index is 1640. The molecule has 4 aromatic rings. The number of benzene rings is 4. The Balaban J connectivity index is 1.53. The summed E-state index contributed by atoms with van der Waals surface area (Å²) < 4.78 is 35.8. The van der Waals surface area contributed by atoms with E-state index in [0.29, 0.717) is 13.0 Å². The molecular formula is C37H35NO10. The maximum Gasteiger partial charge on any atom is 0.338 e. The van der Waals surface area contributed by atoms with E-state index in [2.05, 4.69) is 0 Å². The molecule has 0 amide bonds. The molecule has 1 saturated heterocycles. The molecular weight excluding hydrogens is 618 g/mol. The van der Waals surface area contributed by atoms with Gasteiger partial charge in [-0.3, -0.25) is 0 Å². The molecule has 0 bridgehead atoms. The molecule has 5 rings (SSSR count). The Morgan fingerprint density at radius 3 is 1.38 bits per heavy atom. The fraction of sp³-hybridized carbons (Fsp3) is 0.243. The molecule has 1 aliphatic rings. The van der Waals surface area contributed by atoms with Crippen molar-refractivity contribution in [3.05, 3.63) is 144 Å². The van der Waals surface area contributed by atoms with Gasteiger partial charge in [-0.25, -0.2) is 19.2 Å². The van der Waals surface area contributed by atoms with Crippen molar-refractivity contribution in [1.29, 1.82) is 0 Å². The highest BCUT2D eigenvalue weighted by atomic mass is 16.7. The van der Waals surface area contributed by atoms with Crippen molar-refractivity contribution in [3.8, 4) is 0 Å². The number of carbonyl (C=O) groups excluding carboxylic acids is 4. The van der Waals surface area contributed by atoms with Crippen molar-refractivity contribution >= 4 is 23.9 Å². The molecule has 11 heteroatoms. The van der Waals surface area contributed by atoms with Crippen LogP contribution in [0, 0.1) is 0 Å². The van der Waals surface area contributed by atoms with Crippen molar-refractivity contribution < 1.29 is 47.6 Å². The van der Waals surface area contributed by atoms with Crippen molar-refractivity contribution in [2.24, 2.45) is 5.73 Å². The maximum absolute atomic E-state index is 13.6. The predicted octanol–water partition coefficient (Wildman–Crippen LogP) is 4.61. The first-order valence-electron chi connectivity index (χ1n) is 15.4. The second-order valence-corrected chi connectivity index (χ2v) is 10.7. The summed E-state index contributed by atoms with van der Waals surface area (Å²) in [7, 11) is 0. The molecule has 48 heavy (non-hydrogen) atoms. The molecule has 0 spiro atoms. The first-order valence-corrected chi connectivity index (χ1v) is 15.4. The van der Waals surface area contributed by atoms with Crippen LogP contribution in [-0.4, -0.2) is 74.3 Å². The Kier molecular flexibility index (Phi) is 12.0. The summed E-state index contributed by atoms with van der Waals surface area (Å²) in [5.41, 5.74) is 6.58. The minimum Gasteiger partial charge on any atom is -0.459 e. The van der Waals surface area contributed by atoms with E-state index < -0.39 is 61.2 Å². The first-order chi connectivity index (χ1) is 23.4. The largest absolute Gasteiger partial charge is 0.459 e. The number of hydrogen-bond donors (Lipinski definition) is 1. The molecule has 2 N–H and O–H groups in total. The van der Waals surface area contributed by atoms with Crippen LogP contribution in [0.2, 0.25) is 0 Å². The van der Waals surface area contributed by atoms with Crippen LogP contribution in [0.4, 0.5) is 0 Å². The Labute approximate surface area is 277 Å². The van der Waals surface area contributed by atoms with E-state index in [4.69, 9.17) is 34.2 Å². The summed E-state index contributed by atoms with van der Waals surface area (Å²) in [6, 6.07) is 32.8. The van der Waals surface area contributed by atoms with Crippen LogP contribution < -0.4 is 5.73 Å². The third-order valence-electron chi connectivity index (χ3n) is 7.37. The summed E-state index contributed by atoms with van der Waals surface area (Å²) in [6.45, 7) is -0.0517. The van der Waals surface area contributed by atoms with Gasteiger partial charge in [-0.15, -0.1) is 0 Å². The van der Waals surface area contributed by atoms with Crippen molar-refractivity contribution in [1.82, 2.24) is 0 Å². The number of carbonyl (C=O) groups is 4. The Morgan fingerprint density at radius 1 is 0.542 bits per heavy atom. The molecule has 0 radical (unpaired) electrons. The topological polar surface area (TPSA) is 150 Å². The Hall–Kier alpha value is -5.36. The average molecular weight is 654 g/mol. The summed E-state index contributed by atoms with van der Waals surface area (Å²) in [5, 5.41) is 0. The number of esters is 4. The first kappa shape index (κ1) is 34.0. The monoisotopic (exact) mass is 653 g/mol. The number of hydrogen-bond acceptors (Lipinski definition) is 11. The minimum atomic E-state index is -1.48. The van der Waals surface area contributed by atoms with Gasteiger partial charge in [-0.1, -0.05) is 72.8 Å². The lowest BCUT2D eigenvalue weighted by Gasteiger charge is -2.44. The molecule has 0 aromatic heterocycles. The highest BCUT2D eigenvalue weighted by Crippen LogP contribution is 2.32. The van der Waals surface area contributed by atoms with Crippen LogP contribution in [0.1, 0.15) is 47.9 Å². The molecule has 1 aliphatic heterocycles. The lowest BCUT2D eigenvalue weighted by Crippen LogP contribution is -2.63. The van der Waals surface area contributed by atoms with Gasteiger partial charge >= 0.3 is 23.9 Å². The maximum atomic E-state index is 13.6. The minimum absolute atomic E-state index is 0.0882. The number of rotatable bonds is 13. The van der Waals surface area contributed by atoms with Gasteiger partial charge in [0.25, 0.3) is 0 Å². The molecule has 248 valence electrons. The zero-order valence-electron chi connectivity index (χ0n) is 25.9. The van der Waals surface area contributed by atoms with Crippen LogP contribution in [0.15, 0.2) is 121 Å². The van der Waals surface area contributed by atoms with Crippen LogP contribution in [-0.2, 0) is 28.4 Å². The molecule has 4 aromatic carbocycles. The fourth-order valence-electron chi connectivity index (χ4n) is 4.94. The van der Waals surface area contributed by atoms with Gasteiger partial charge in [0.05, 0.1) is 28.9 Å². The highest BCUT2D eigenvalue weighted by molar-refractivity contribution is 5.91. The van der Waals surface area contributed by atoms with Gasteiger partial charge in [-0.2, -0.15) is 0 Å². The second kappa shape index (κ2) is 17.0. The summed E-state index contributed by atoms with van der Waals surface area (Å²) in [6.07, 6.45) is -6.49. The standard InChI is InChI=1S/C37H35NO10/c38-22-13-23-43-37-32(48-36(42)28-20-11-4-12-21-28)31(47-35(41)27-18-9-3-10-19-27)30(46-34(40)26-16-7-2-8-17-26)29(45-37)24-44-33(39)25-14-5-1-6-15-25/h1-12,14-21,29-32,37H,13,22-24,38H2/t29-,30+,31+,32-,37?/m1/s1. The van der Waals surface area contributed by atoms with Gasteiger partial charge < -0.3 is 34.2 Å². The molecule has 0 saturated carbocycles. The molecule has 5 atom stereocenters. The van der Waals surface area contributed by atoms with E-state index in [9.17, 15) is 19.2 Å². The normalized spacial score (nSPS) is 20.2. The third kappa shape index (κ3) is 8.91. The molecule has 11 nitrogen and oxygen atoms in total. The van der Waals surface area contributed by atoms with E-state index in [1.54, 1.807) is 121 Å². The van der Waals surface area contributed by atoms with Crippen LogP contribution >= 0.6 is 0 Å².